The number of hydrogen-bond acceptors (Lipinski definition) is 3. The van der Waals surface area contributed by atoms with Gasteiger partial charge in [-0.1, -0.05) is 50.2 Å². The van der Waals surface area contributed by atoms with Crippen LogP contribution in [0, 0.1) is 0 Å². The molecule has 0 spiro atoms. The smallest absolute Gasteiger partial charge is 0.130 e. The lowest BCUT2D eigenvalue weighted by Gasteiger charge is -2.14. The fourth-order valence-electron chi connectivity index (χ4n) is 2.55. The second-order valence-corrected chi connectivity index (χ2v) is 5.24. The van der Waals surface area contributed by atoms with Crippen LogP contribution in [0.4, 0.5) is 5.82 Å². The Hall–Kier alpha value is -2.42. The SMILES string of the molecule is CC(C)c1c(N)ncnc1-c1ccc2ccccc2c1. The van der Waals surface area contributed by atoms with E-state index in [-0.39, 0.29) is 5.92 Å². The zero-order valence-electron chi connectivity index (χ0n) is 11.7. The summed E-state index contributed by atoms with van der Waals surface area (Å²) in [7, 11) is 0. The van der Waals surface area contributed by atoms with E-state index < -0.39 is 0 Å². The number of fused-ring (bicyclic) bond motifs is 1. The van der Waals surface area contributed by atoms with Crippen molar-refractivity contribution in [3.8, 4) is 11.3 Å². The van der Waals surface area contributed by atoms with Crippen LogP contribution in [-0.4, -0.2) is 9.97 Å². The van der Waals surface area contributed by atoms with Gasteiger partial charge in [-0.25, -0.2) is 9.97 Å². The molecule has 1 heterocycles. The van der Waals surface area contributed by atoms with Crippen LogP contribution in [0.2, 0.25) is 0 Å². The van der Waals surface area contributed by atoms with E-state index in [1.54, 1.807) is 0 Å². The standard InChI is InChI=1S/C17H17N3/c1-11(2)15-16(19-10-20-17(15)18)14-8-7-12-5-3-4-6-13(12)9-14/h3-11H,1-2H3,(H2,18,19,20). The van der Waals surface area contributed by atoms with Gasteiger partial charge in [-0.2, -0.15) is 0 Å². The number of benzene rings is 2. The summed E-state index contributed by atoms with van der Waals surface area (Å²) in [5, 5.41) is 2.43. The molecule has 3 aromatic rings. The fraction of sp³-hybridized carbons (Fsp3) is 0.176. The summed E-state index contributed by atoms with van der Waals surface area (Å²) in [5.41, 5.74) is 9.05. The molecule has 3 nitrogen and oxygen atoms in total. The summed E-state index contributed by atoms with van der Waals surface area (Å²) in [6.45, 7) is 4.22. The Morgan fingerprint density at radius 1 is 0.950 bits per heavy atom. The van der Waals surface area contributed by atoms with Crippen molar-refractivity contribution < 1.29 is 0 Å². The molecule has 0 atom stereocenters. The first-order chi connectivity index (χ1) is 9.66. The highest BCUT2D eigenvalue weighted by Crippen LogP contribution is 2.31. The fourth-order valence-corrected chi connectivity index (χ4v) is 2.55. The first kappa shape index (κ1) is 12.6. The molecule has 20 heavy (non-hydrogen) atoms. The number of rotatable bonds is 2. The highest BCUT2D eigenvalue weighted by molar-refractivity contribution is 5.87. The molecule has 2 aromatic carbocycles. The van der Waals surface area contributed by atoms with Gasteiger partial charge in [0.15, 0.2) is 0 Å². The number of nitrogens with two attached hydrogens (primary N) is 1. The first-order valence-electron chi connectivity index (χ1n) is 6.76. The molecule has 0 amide bonds. The largest absolute Gasteiger partial charge is 0.383 e. The molecule has 0 radical (unpaired) electrons. The minimum absolute atomic E-state index is 0.290. The Morgan fingerprint density at radius 2 is 1.70 bits per heavy atom. The van der Waals surface area contributed by atoms with Crippen molar-refractivity contribution in [2.75, 3.05) is 5.73 Å². The highest BCUT2D eigenvalue weighted by Gasteiger charge is 2.14. The second-order valence-electron chi connectivity index (χ2n) is 5.24. The number of anilines is 1. The van der Waals surface area contributed by atoms with Crippen LogP contribution in [0.1, 0.15) is 25.3 Å². The minimum Gasteiger partial charge on any atom is -0.383 e. The van der Waals surface area contributed by atoms with E-state index in [4.69, 9.17) is 5.73 Å². The molecule has 0 saturated heterocycles. The van der Waals surface area contributed by atoms with Crippen molar-refractivity contribution >= 4 is 16.6 Å². The average Bonchev–Trinajstić information content (AvgIpc) is 2.46. The van der Waals surface area contributed by atoms with E-state index in [1.807, 2.05) is 12.1 Å². The Kier molecular flexibility index (Phi) is 3.11. The van der Waals surface area contributed by atoms with Crippen LogP contribution in [-0.2, 0) is 0 Å². The normalized spacial score (nSPS) is 11.2. The molecular weight excluding hydrogens is 246 g/mol. The van der Waals surface area contributed by atoms with E-state index >= 15 is 0 Å². The summed E-state index contributed by atoms with van der Waals surface area (Å²) in [6.07, 6.45) is 1.53. The van der Waals surface area contributed by atoms with Gasteiger partial charge in [0.2, 0.25) is 0 Å². The summed E-state index contributed by atoms with van der Waals surface area (Å²) in [6, 6.07) is 14.7. The van der Waals surface area contributed by atoms with Crippen LogP contribution in [0.25, 0.3) is 22.0 Å². The molecular formula is C17H17N3. The lowest BCUT2D eigenvalue weighted by Crippen LogP contribution is -2.04. The Balaban J connectivity index is 2.23. The van der Waals surface area contributed by atoms with Gasteiger partial charge in [-0.05, 0) is 22.8 Å². The molecule has 2 N–H and O–H groups in total. The molecule has 0 fully saturated rings. The third-order valence-corrected chi connectivity index (χ3v) is 3.51. The molecule has 0 aliphatic carbocycles. The topological polar surface area (TPSA) is 51.8 Å². The maximum Gasteiger partial charge on any atom is 0.130 e. The number of nitrogens with zero attached hydrogens (tertiary/aromatic N) is 2. The van der Waals surface area contributed by atoms with Crippen molar-refractivity contribution in [2.24, 2.45) is 0 Å². The third kappa shape index (κ3) is 2.11. The van der Waals surface area contributed by atoms with Gasteiger partial charge >= 0.3 is 0 Å². The Bertz CT molecular complexity index is 763. The van der Waals surface area contributed by atoms with E-state index in [9.17, 15) is 0 Å². The van der Waals surface area contributed by atoms with Crippen LogP contribution in [0.5, 0.6) is 0 Å². The lowest BCUT2D eigenvalue weighted by atomic mass is 9.96. The zero-order valence-corrected chi connectivity index (χ0v) is 11.7. The summed E-state index contributed by atoms with van der Waals surface area (Å²) < 4.78 is 0. The molecule has 0 aliphatic rings. The lowest BCUT2D eigenvalue weighted by molar-refractivity contribution is 0.855. The molecule has 1 aromatic heterocycles. The van der Waals surface area contributed by atoms with E-state index in [1.165, 1.54) is 17.1 Å². The Morgan fingerprint density at radius 3 is 2.45 bits per heavy atom. The van der Waals surface area contributed by atoms with Gasteiger partial charge < -0.3 is 5.73 Å². The Labute approximate surface area is 118 Å². The quantitative estimate of drug-likeness (QED) is 0.760. The highest BCUT2D eigenvalue weighted by atomic mass is 14.9. The molecule has 0 unspecified atom stereocenters. The van der Waals surface area contributed by atoms with Crippen LogP contribution >= 0.6 is 0 Å². The summed E-state index contributed by atoms with van der Waals surface area (Å²) in [5.74, 6) is 0.857. The molecule has 0 aliphatic heterocycles. The van der Waals surface area contributed by atoms with Gasteiger partial charge in [0, 0.05) is 11.1 Å². The van der Waals surface area contributed by atoms with Gasteiger partial charge in [0.05, 0.1) is 5.69 Å². The van der Waals surface area contributed by atoms with Crippen LogP contribution < -0.4 is 5.73 Å². The van der Waals surface area contributed by atoms with Crippen LogP contribution in [0.15, 0.2) is 48.8 Å². The first-order valence-corrected chi connectivity index (χ1v) is 6.76. The maximum atomic E-state index is 6.02. The molecule has 3 rings (SSSR count). The summed E-state index contributed by atoms with van der Waals surface area (Å²) >= 11 is 0. The van der Waals surface area contributed by atoms with E-state index in [2.05, 4.69) is 54.1 Å². The molecule has 0 saturated carbocycles. The zero-order chi connectivity index (χ0) is 14.1. The van der Waals surface area contributed by atoms with Gasteiger partial charge in [-0.3, -0.25) is 0 Å². The van der Waals surface area contributed by atoms with Crippen molar-refractivity contribution in [1.29, 1.82) is 0 Å². The van der Waals surface area contributed by atoms with Crippen LogP contribution in [0.3, 0.4) is 0 Å². The predicted molar refractivity (Wildman–Crippen MR) is 83.5 cm³/mol. The van der Waals surface area contributed by atoms with Crippen molar-refractivity contribution in [3.05, 3.63) is 54.4 Å². The number of nitrogen functional groups attached to an aromatic ring is 1. The van der Waals surface area contributed by atoms with E-state index in [0.717, 1.165) is 16.8 Å². The predicted octanol–water partition coefficient (Wildman–Crippen LogP) is 4.00. The van der Waals surface area contributed by atoms with Gasteiger partial charge in [0.1, 0.15) is 12.1 Å². The van der Waals surface area contributed by atoms with Crippen molar-refractivity contribution in [1.82, 2.24) is 9.97 Å². The monoisotopic (exact) mass is 263 g/mol. The van der Waals surface area contributed by atoms with Gasteiger partial charge in [-0.15, -0.1) is 0 Å². The second kappa shape index (κ2) is 4.93. The van der Waals surface area contributed by atoms with Crippen molar-refractivity contribution in [2.45, 2.75) is 19.8 Å². The third-order valence-electron chi connectivity index (χ3n) is 3.51. The number of aromatic nitrogens is 2. The van der Waals surface area contributed by atoms with Gasteiger partial charge in [0.25, 0.3) is 0 Å². The van der Waals surface area contributed by atoms with Crippen molar-refractivity contribution in [3.63, 3.8) is 0 Å². The average molecular weight is 263 g/mol. The molecule has 3 heteroatoms. The molecule has 100 valence electrons. The number of hydrogen-bond donors (Lipinski definition) is 1. The summed E-state index contributed by atoms with van der Waals surface area (Å²) in [4.78, 5) is 8.56. The minimum atomic E-state index is 0.290. The van der Waals surface area contributed by atoms with E-state index in [0.29, 0.717) is 5.82 Å². The maximum absolute atomic E-state index is 6.02. The molecule has 0 bridgehead atoms.